The Morgan fingerprint density at radius 2 is 2.00 bits per heavy atom. The largest absolute Gasteiger partial charge is 0.368 e. The van der Waals surface area contributed by atoms with Crippen molar-refractivity contribution in [3.05, 3.63) is 39.9 Å². The third-order valence-electron chi connectivity index (χ3n) is 3.23. The number of nitrogens with one attached hydrogen (secondary N) is 1. The van der Waals surface area contributed by atoms with Gasteiger partial charge in [-0.3, -0.25) is 0 Å². The first-order chi connectivity index (χ1) is 10.2. The molecule has 0 atom stereocenters. The molecule has 0 fully saturated rings. The lowest BCUT2D eigenvalue weighted by molar-refractivity contribution is 1.01. The zero-order valence-corrected chi connectivity index (χ0v) is 14.0. The van der Waals surface area contributed by atoms with Gasteiger partial charge in [-0.15, -0.1) is 11.3 Å². The van der Waals surface area contributed by atoms with Crippen LogP contribution < -0.4 is 11.1 Å². The van der Waals surface area contributed by atoms with Crippen LogP contribution in [0.15, 0.2) is 35.1 Å². The molecule has 6 heteroatoms. The van der Waals surface area contributed by atoms with Gasteiger partial charge in [0.05, 0.1) is 5.39 Å². The third-order valence-corrected chi connectivity index (χ3v) is 4.78. The smallest absolute Gasteiger partial charge is 0.138 e. The molecule has 0 bridgehead atoms. The molecule has 0 amide bonds. The number of anilines is 1. The summed E-state index contributed by atoms with van der Waals surface area (Å²) in [6, 6.07) is 8.32. The lowest BCUT2D eigenvalue weighted by atomic mass is 10.0. The standard InChI is InChI=1S/C15H15BrN4S/c1-9-12(10-2-4-11(16)5-3-10)13-14(18-7-6-17)19-8-20-15(13)21-9/h2-5,8H,6-7,17H2,1H3,(H,18,19,20). The van der Waals surface area contributed by atoms with Crippen molar-refractivity contribution < 1.29 is 0 Å². The topological polar surface area (TPSA) is 63.8 Å². The molecule has 3 N–H and O–H groups in total. The van der Waals surface area contributed by atoms with Crippen LogP contribution in [0.1, 0.15) is 4.88 Å². The molecule has 0 aliphatic heterocycles. The van der Waals surface area contributed by atoms with Crippen molar-refractivity contribution >= 4 is 43.3 Å². The highest BCUT2D eigenvalue weighted by Gasteiger charge is 2.16. The van der Waals surface area contributed by atoms with Gasteiger partial charge in [0, 0.05) is 28.0 Å². The second-order valence-corrected chi connectivity index (χ2v) is 6.78. The van der Waals surface area contributed by atoms with E-state index in [2.05, 4.69) is 62.4 Å². The van der Waals surface area contributed by atoms with Crippen LogP contribution in [0.25, 0.3) is 21.3 Å². The van der Waals surface area contributed by atoms with Gasteiger partial charge in [-0.2, -0.15) is 0 Å². The first-order valence-electron chi connectivity index (χ1n) is 6.64. The molecule has 0 unspecified atom stereocenters. The molecule has 2 heterocycles. The maximum atomic E-state index is 5.58. The van der Waals surface area contributed by atoms with Crippen LogP contribution >= 0.6 is 27.3 Å². The summed E-state index contributed by atoms with van der Waals surface area (Å²) in [4.78, 5) is 11.0. The van der Waals surface area contributed by atoms with Crippen LogP contribution in [0, 0.1) is 6.92 Å². The third kappa shape index (κ3) is 2.79. The maximum Gasteiger partial charge on any atom is 0.138 e. The van der Waals surface area contributed by atoms with Gasteiger partial charge in [-0.1, -0.05) is 28.1 Å². The molecule has 108 valence electrons. The van der Waals surface area contributed by atoms with Gasteiger partial charge in [-0.25, -0.2) is 9.97 Å². The summed E-state index contributed by atoms with van der Waals surface area (Å²) in [5, 5.41) is 4.37. The highest BCUT2D eigenvalue weighted by Crippen LogP contribution is 2.40. The number of aryl methyl sites for hydroxylation is 1. The predicted molar refractivity (Wildman–Crippen MR) is 92.8 cm³/mol. The summed E-state index contributed by atoms with van der Waals surface area (Å²) in [5.74, 6) is 0.854. The highest BCUT2D eigenvalue weighted by atomic mass is 79.9. The molecule has 21 heavy (non-hydrogen) atoms. The molecule has 2 aromatic heterocycles. The normalized spacial score (nSPS) is 11.0. The number of hydrogen-bond acceptors (Lipinski definition) is 5. The maximum absolute atomic E-state index is 5.58. The minimum atomic E-state index is 0.572. The molecular formula is C15H15BrN4S. The van der Waals surface area contributed by atoms with E-state index in [-0.39, 0.29) is 0 Å². The molecule has 1 aromatic carbocycles. The van der Waals surface area contributed by atoms with Gasteiger partial charge in [0.1, 0.15) is 17.0 Å². The Morgan fingerprint density at radius 3 is 2.71 bits per heavy atom. The number of halogens is 1. The summed E-state index contributed by atoms with van der Waals surface area (Å²) < 4.78 is 1.07. The van der Waals surface area contributed by atoms with E-state index in [4.69, 9.17) is 5.73 Å². The number of rotatable bonds is 4. The van der Waals surface area contributed by atoms with Gasteiger partial charge in [0.25, 0.3) is 0 Å². The monoisotopic (exact) mass is 362 g/mol. The Hall–Kier alpha value is -1.50. The number of nitrogens with two attached hydrogens (primary N) is 1. The Bertz CT molecular complexity index is 767. The molecule has 3 rings (SSSR count). The summed E-state index contributed by atoms with van der Waals surface area (Å²) in [7, 11) is 0. The number of nitrogens with zero attached hydrogens (tertiary/aromatic N) is 2. The van der Waals surface area contributed by atoms with E-state index >= 15 is 0 Å². The van der Waals surface area contributed by atoms with Gasteiger partial charge >= 0.3 is 0 Å². The Kier molecular flexibility index (Phi) is 4.19. The summed E-state index contributed by atoms with van der Waals surface area (Å²) in [5.41, 5.74) is 7.95. The number of fused-ring (bicyclic) bond motifs is 1. The van der Waals surface area contributed by atoms with E-state index in [0.717, 1.165) is 20.5 Å². The van der Waals surface area contributed by atoms with E-state index in [1.54, 1.807) is 17.7 Å². The first kappa shape index (κ1) is 14.4. The van der Waals surface area contributed by atoms with E-state index in [1.807, 2.05) is 0 Å². The molecule has 0 radical (unpaired) electrons. The summed E-state index contributed by atoms with van der Waals surface area (Å²) >= 11 is 5.17. The molecule has 0 spiro atoms. The molecule has 3 aromatic rings. The second-order valence-electron chi connectivity index (χ2n) is 4.66. The van der Waals surface area contributed by atoms with Crippen molar-refractivity contribution in [1.29, 1.82) is 0 Å². The van der Waals surface area contributed by atoms with E-state index < -0.39 is 0 Å². The Morgan fingerprint density at radius 1 is 1.24 bits per heavy atom. The fourth-order valence-electron chi connectivity index (χ4n) is 2.33. The average Bonchev–Trinajstić information content (AvgIpc) is 2.82. The van der Waals surface area contributed by atoms with Crippen LogP contribution in [-0.2, 0) is 0 Å². The Labute approximate surface area is 135 Å². The number of aromatic nitrogens is 2. The van der Waals surface area contributed by atoms with Gasteiger partial charge in [-0.05, 0) is 24.6 Å². The van der Waals surface area contributed by atoms with Gasteiger partial charge < -0.3 is 11.1 Å². The molecule has 0 saturated carbocycles. The second kappa shape index (κ2) is 6.09. The molecular weight excluding hydrogens is 348 g/mol. The first-order valence-corrected chi connectivity index (χ1v) is 8.25. The minimum absolute atomic E-state index is 0.572. The van der Waals surface area contributed by atoms with Crippen LogP contribution in [-0.4, -0.2) is 23.1 Å². The molecule has 0 aliphatic carbocycles. The summed E-state index contributed by atoms with van der Waals surface area (Å²) in [6.07, 6.45) is 1.60. The average molecular weight is 363 g/mol. The van der Waals surface area contributed by atoms with Crippen LogP contribution in [0.4, 0.5) is 5.82 Å². The molecule has 0 aliphatic rings. The number of benzene rings is 1. The predicted octanol–water partition coefficient (Wildman–Crippen LogP) is 3.80. The van der Waals surface area contributed by atoms with Crippen LogP contribution in [0.2, 0.25) is 0 Å². The van der Waals surface area contributed by atoms with Crippen molar-refractivity contribution in [2.45, 2.75) is 6.92 Å². The molecule has 0 saturated heterocycles. The van der Waals surface area contributed by atoms with Crippen molar-refractivity contribution in [3.8, 4) is 11.1 Å². The fraction of sp³-hybridized carbons (Fsp3) is 0.200. The zero-order valence-electron chi connectivity index (χ0n) is 11.6. The quantitative estimate of drug-likeness (QED) is 0.740. The lowest BCUT2D eigenvalue weighted by Gasteiger charge is -2.08. The van der Waals surface area contributed by atoms with Crippen molar-refractivity contribution in [2.75, 3.05) is 18.4 Å². The van der Waals surface area contributed by atoms with E-state index in [9.17, 15) is 0 Å². The fourth-order valence-corrected chi connectivity index (χ4v) is 3.61. The van der Waals surface area contributed by atoms with E-state index in [0.29, 0.717) is 13.1 Å². The SMILES string of the molecule is Cc1sc2ncnc(NCCN)c2c1-c1ccc(Br)cc1. The number of thiophene rings is 1. The van der Waals surface area contributed by atoms with Crippen LogP contribution in [0.5, 0.6) is 0 Å². The number of hydrogen-bond donors (Lipinski definition) is 2. The zero-order chi connectivity index (χ0) is 14.8. The van der Waals surface area contributed by atoms with E-state index in [1.165, 1.54) is 16.0 Å². The van der Waals surface area contributed by atoms with Gasteiger partial charge in [0.2, 0.25) is 0 Å². The van der Waals surface area contributed by atoms with Crippen molar-refractivity contribution in [2.24, 2.45) is 5.73 Å². The van der Waals surface area contributed by atoms with Gasteiger partial charge in [0.15, 0.2) is 0 Å². The molecule has 4 nitrogen and oxygen atoms in total. The highest BCUT2D eigenvalue weighted by molar-refractivity contribution is 9.10. The van der Waals surface area contributed by atoms with Crippen LogP contribution in [0.3, 0.4) is 0 Å². The summed E-state index contributed by atoms with van der Waals surface area (Å²) in [6.45, 7) is 3.39. The lowest BCUT2D eigenvalue weighted by Crippen LogP contribution is -2.14. The van der Waals surface area contributed by atoms with Crippen molar-refractivity contribution in [3.63, 3.8) is 0 Å². The van der Waals surface area contributed by atoms with Crippen molar-refractivity contribution in [1.82, 2.24) is 9.97 Å². The minimum Gasteiger partial charge on any atom is -0.368 e. The Balaban J connectivity index is 2.21.